The van der Waals surface area contributed by atoms with Gasteiger partial charge < -0.3 is 35.5 Å². The molecule has 1 aromatic heterocycles. The van der Waals surface area contributed by atoms with E-state index < -0.39 is 36.4 Å². The molecule has 1 unspecified atom stereocenters. The van der Waals surface area contributed by atoms with E-state index in [2.05, 4.69) is 75.1 Å². The van der Waals surface area contributed by atoms with Crippen LogP contribution in [-0.4, -0.2) is 98.5 Å². The number of hydrogen-bond donors (Lipinski definition) is 5. The van der Waals surface area contributed by atoms with Crippen molar-refractivity contribution in [1.29, 1.82) is 0 Å². The smallest absolute Gasteiger partial charge is 0.336 e. The van der Waals surface area contributed by atoms with Crippen LogP contribution in [0.3, 0.4) is 0 Å². The number of likely N-dealkylation sites (tertiary alicyclic amines) is 1. The largest absolute Gasteiger partial charge is 0.481 e. The fraction of sp³-hybridized carbons (Fsp3) is 0.667. The molecule has 0 aliphatic carbocycles. The number of hydrogen-bond acceptors (Lipinski definition) is 8. The second-order valence-electron chi connectivity index (χ2n) is 11.9. The molecule has 214 valence electrons. The number of nitrogens with one attached hydrogen (secondary N) is 1. The summed E-state index contributed by atoms with van der Waals surface area (Å²) in [5.41, 5.74) is -1.02. The molecule has 11 heteroatoms. The number of thiophene rings is 1. The monoisotopic (exact) mass is 553 g/mol. The lowest BCUT2D eigenvalue weighted by Crippen LogP contribution is -2.53. The predicted octanol–water partition coefficient (Wildman–Crippen LogP) is 2.82. The van der Waals surface area contributed by atoms with Gasteiger partial charge in [-0.15, -0.1) is 11.3 Å². The van der Waals surface area contributed by atoms with Crippen LogP contribution in [0.1, 0.15) is 63.1 Å². The molecule has 0 radical (unpaired) electrons. The average Bonchev–Trinajstić information content (AvgIpc) is 3.33. The molecule has 5 N–H and O–H groups in total. The standard InChI is InChI=1S/C21H35N3S.C6H8O7/c1-20(2)11-17(12-21(3,4)22-20)19-8-7-18(25-19)15-24(6)14-16-9-10-23(5)13-16;7-3(8)1-6(13,5(11)12)2-4(9)10/h7-8,11,16,22H,9-10,12-15H2,1-6H3;13H,1-2H2,(H,7,8)(H,9,10)(H,11,12). The van der Waals surface area contributed by atoms with Crippen molar-refractivity contribution >= 4 is 34.8 Å². The van der Waals surface area contributed by atoms with Gasteiger partial charge in [-0.25, -0.2) is 4.79 Å². The Morgan fingerprint density at radius 2 is 1.74 bits per heavy atom. The molecule has 1 atom stereocenters. The third-order valence-corrected chi connectivity index (χ3v) is 7.72. The van der Waals surface area contributed by atoms with Crippen LogP contribution >= 0.6 is 11.3 Å². The number of carboxylic acids is 3. The number of carbonyl (C=O) groups is 3. The summed E-state index contributed by atoms with van der Waals surface area (Å²) >= 11 is 1.98. The van der Waals surface area contributed by atoms with Crippen LogP contribution in [-0.2, 0) is 20.9 Å². The Morgan fingerprint density at radius 1 is 1.13 bits per heavy atom. The van der Waals surface area contributed by atoms with Gasteiger partial charge in [-0.3, -0.25) is 9.59 Å². The van der Waals surface area contributed by atoms with E-state index in [4.69, 9.17) is 20.4 Å². The van der Waals surface area contributed by atoms with Gasteiger partial charge in [0.2, 0.25) is 0 Å². The van der Waals surface area contributed by atoms with Gasteiger partial charge in [-0.2, -0.15) is 0 Å². The van der Waals surface area contributed by atoms with Crippen molar-refractivity contribution in [2.75, 3.05) is 33.7 Å². The first-order valence-electron chi connectivity index (χ1n) is 12.8. The van der Waals surface area contributed by atoms with E-state index in [0.717, 1.165) is 18.9 Å². The van der Waals surface area contributed by atoms with Crippen molar-refractivity contribution in [3.05, 3.63) is 28.0 Å². The van der Waals surface area contributed by atoms with Crippen molar-refractivity contribution in [2.45, 2.75) is 76.6 Å². The summed E-state index contributed by atoms with van der Waals surface area (Å²) in [7, 11) is 4.51. The van der Waals surface area contributed by atoms with Gasteiger partial charge in [-0.05, 0) is 84.8 Å². The zero-order chi connectivity index (χ0) is 28.9. The van der Waals surface area contributed by atoms with Crippen molar-refractivity contribution in [3.63, 3.8) is 0 Å². The van der Waals surface area contributed by atoms with Crippen LogP contribution in [0.5, 0.6) is 0 Å². The van der Waals surface area contributed by atoms with Crippen LogP contribution in [0, 0.1) is 5.92 Å². The Labute approximate surface area is 229 Å². The molecule has 0 amide bonds. The Bertz CT molecular complexity index is 1020. The molecule has 1 saturated heterocycles. The Balaban J connectivity index is 0.000000332. The maximum Gasteiger partial charge on any atom is 0.336 e. The van der Waals surface area contributed by atoms with E-state index in [-0.39, 0.29) is 11.1 Å². The van der Waals surface area contributed by atoms with Gasteiger partial charge in [0.05, 0.1) is 12.8 Å². The highest BCUT2D eigenvalue weighted by Crippen LogP contribution is 2.36. The molecule has 3 rings (SSSR count). The van der Waals surface area contributed by atoms with Crippen molar-refractivity contribution < 1.29 is 34.8 Å². The molecule has 38 heavy (non-hydrogen) atoms. The van der Waals surface area contributed by atoms with Crippen LogP contribution in [0.2, 0.25) is 0 Å². The summed E-state index contributed by atoms with van der Waals surface area (Å²) in [6, 6.07) is 4.67. The topological polar surface area (TPSA) is 151 Å². The summed E-state index contributed by atoms with van der Waals surface area (Å²) in [6.45, 7) is 14.0. The van der Waals surface area contributed by atoms with Gasteiger partial charge >= 0.3 is 17.9 Å². The zero-order valence-corrected chi connectivity index (χ0v) is 24.1. The Kier molecular flexibility index (Phi) is 10.7. The van der Waals surface area contributed by atoms with E-state index in [1.165, 1.54) is 41.4 Å². The van der Waals surface area contributed by atoms with E-state index in [1.807, 2.05) is 11.3 Å². The highest BCUT2D eigenvalue weighted by Gasteiger charge is 2.40. The minimum Gasteiger partial charge on any atom is -0.481 e. The molecule has 0 aromatic carbocycles. The van der Waals surface area contributed by atoms with E-state index in [9.17, 15) is 14.4 Å². The maximum atomic E-state index is 10.3. The molecular weight excluding hydrogens is 510 g/mol. The molecular formula is C27H43N3O7S. The van der Waals surface area contributed by atoms with Crippen molar-refractivity contribution in [3.8, 4) is 0 Å². The number of aliphatic carboxylic acids is 3. The van der Waals surface area contributed by atoms with Gasteiger partial charge in [0.25, 0.3) is 0 Å². The zero-order valence-electron chi connectivity index (χ0n) is 23.3. The second-order valence-corrected chi connectivity index (χ2v) is 13.1. The SMILES string of the molecule is CN1CCC(CN(C)Cc2ccc(C3=CC(C)(C)NC(C)(C)C3)s2)C1.O=C(O)CC(O)(CC(=O)O)C(=O)O. The summed E-state index contributed by atoms with van der Waals surface area (Å²) in [6.07, 6.45) is 2.58. The third-order valence-electron chi connectivity index (χ3n) is 6.58. The summed E-state index contributed by atoms with van der Waals surface area (Å²) < 4.78 is 0. The number of rotatable bonds is 10. The molecule has 1 fully saturated rings. The van der Waals surface area contributed by atoms with Gasteiger partial charge in [0, 0.05) is 40.5 Å². The van der Waals surface area contributed by atoms with Gasteiger partial charge in [0.15, 0.2) is 5.60 Å². The normalized spacial score (nSPS) is 20.9. The number of aliphatic hydroxyl groups is 1. The first-order valence-corrected chi connectivity index (χ1v) is 13.6. The molecule has 0 saturated carbocycles. The lowest BCUT2D eigenvalue weighted by molar-refractivity contribution is -0.170. The lowest BCUT2D eigenvalue weighted by atomic mass is 9.83. The molecule has 3 heterocycles. The predicted molar refractivity (Wildman–Crippen MR) is 147 cm³/mol. The van der Waals surface area contributed by atoms with Crippen LogP contribution < -0.4 is 5.32 Å². The van der Waals surface area contributed by atoms with E-state index in [1.54, 1.807) is 0 Å². The molecule has 1 aromatic rings. The maximum absolute atomic E-state index is 10.3. The fourth-order valence-corrected chi connectivity index (χ4v) is 6.47. The van der Waals surface area contributed by atoms with Gasteiger partial charge in [0.1, 0.15) is 0 Å². The molecule has 2 aliphatic heterocycles. The van der Waals surface area contributed by atoms with Crippen LogP contribution in [0.25, 0.3) is 5.57 Å². The average molecular weight is 554 g/mol. The highest BCUT2D eigenvalue weighted by atomic mass is 32.1. The molecule has 2 aliphatic rings. The van der Waals surface area contributed by atoms with Crippen molar-refractivity contribution in [1.82, 2.24) is 15.1 Å². The van der Waals surface area contributed by atoms with Crippen LogP contribution in [0.4, 0.5) is 0 Å². The molecule has 10 nitrogen and oxygen atoms in total. The number of carboxylic acid groups (broad SMARTS) is 3. The second kappa shape index (κ2) is 12.7. The number of nitrogens with zero attached hydrogens (tertiary/aromatic N) is 2. The first-order chi connectivity index (χ1) is 17.4. The minimum absolute atomic E-state index is 0.0620. The third kappa shape index (κ3) is 10.1. The Morgan fingerprint density at radius 3 is 2.21 bits per heavy atom. The van der Waals surface area contributed by atoms with E-state index in [0.29, 0.717) is 0 Å². The van der Waals surface area contributed by atoms with Gasteiger partial charge in [-0.1, -0.05) is 6.08 Å². The first kappa shape index (κ1) is 31.9. The van der Waals surface area contributed by atoms with Crippen molar-refractivity contribution in [2.24, 2.45) is 5.92 Å². The highest BCUT2D eigenvalue weighted by molar-refractivity contribution is 7.13. The summed E-state index contributed by atoms with van der Waals surface area (Å²) in [4.78, 5) is 38.4. The summed E-state index contributed by atoms with van der Waals surface area (Å²) in [5.74, 6) is -4.18. The lowest BCUT2D eigenvalue weighted by Gasteiger charge is -2.41. The molecule has 0 spiro atoms. The summed E-state index contributed by atoms with van der Waals surface area (Å²) in [5, 5.41) is 37.5. The van der Waals surface area contributed by atoms with E-state index >= 15 is 0 Å². The molecule has 0 bridgehead atoms. The quantitative estimate of drug-likeness (QED) is 0.293. The van der Waals surface area contributed by atoms with Crippen LogP contribution in [0.15, 0.2) is 18.2 Å². The Hall–Kier alpha value is -2.31. The minimum atomic E-state index is -2.74. The fourth-order valence-electron chi connectivity index (χ4n) is 5.37.